The number of benzene rings is 2. The Bertz CT molecular complexity index is 1170. The number of hydrogen-bond donors (Lipinski definition) is 0. The van der Waals surface area contributed by atoms with Gasteiger partial charge in [-0.2, -0.15) is 4.98 Å². The van der Waals surface area contributed by atoms with E-state index in [-0.39, 0.29) is 5.78 Å². The molecule has 31 heavy (non-hydrogen) atoms. The summed E-state index contributed by atoms with van der Waals surface area (Å²) in [6, 6.07) is 11.1. The molecule has 0 fully saturated rings. The molecule has 0 bridgehead atoms. The highest BCUT2D eigenvalue weighted by Gasteiger charge is 2.37. The Labute approximate surface area is 181 Å². The van der Waals surface area contributed by atoms with Crippen LogP contribution in [0.4, 0.5) is 5.69 Å². The minimum atomic E-state index is -0.416. The Morgan fingerprint density at radius 2 is 1.94 bits per heavy atom. The van der Waals surface area contributed by atoms with Gasteiger partial charge in [-0.1, -0.05) is 31.2 Å². The van der Waals surface area contributed by atoms with Gasteiger partial charge in [0.05, 0.1) is 17.7 Å². The number of nitrogens with zero attached hydrogens (tertiary/aromatic N) is 3. The third-order valence-electron chi connectivity index (χ3n) is 5.85. The molecule has 0 unspecified atom stereocenters. The number of rotatable bonds is 6. The Morgan fingerprint density at radius 1 is 1.16 bits per heavy atom. The first-order valence-electron chi connectivity index (χ1n) is 10.5. The van der Waals surface area contributed by atoms with Crippen molar-refractivity contribution in [3.8, 4) is 28.6 Å². The Balaban J connectivity index is 1.67. The van der Waals surface area contributed by atoms with Crippen molar-refractivity contribution in [2.45, 2.75) is 45.6 Å². The maximum atomic E-state index is 12.8. The standard InChI is InChI=1S/C25H25N3O3/c1-5-8-16-13-17(9-11-20(16)26-4)23-27-24(31-28-23)18-10-12-22-19(14-18)21(29)15-25(6-2,7-3)30-22/h5,8-14H,4,6-7,15H2,1-3H3/b8-5-. The van der Waals surface area contributed by atoms with Crippen LogP contribution in [0, 0.1) is 0 Å². The normalized spacial score (nSPS) is 15.0. The molecule has 1 aromatic heterocycles. The zero-order valence-electron chi connectivity index (χ0n) is 18.0. The molecule has 6 heteroatoms. The summed E-state index contributed by atoms with van der Waals surface area (Å²) in [7, 11) is 0. The molecule has 0 atom stereocenters. The number of fused-ring (bicyclic) bond motifs is 1. The Kier molecular flexibility index (Phi) is 5.55. The Hall–Kier alpha value is -3.54. The van der Waals surface area contributed by atoms with Crippen molar-refractivity contribution in [1.29, 1.82) is 0 Å². The van der Waals surface area contributed by atoms with Crippen LogP contribution in [-0.4, -0.2) is 28.2 Å². The van der Waals surface area contributed by atoms with Crippen LogP contribution in [-0.2, 0) is 0 Å². The molecule has 0 N–H and O–H groups in total. The maximum Gasteiger partial charge on any atom is 0.258 e. The van der Waals surface area contributed by atoms with Gasteiger partial charge in [-0.05, 0) is 62.9 Å². The van der Waals surface area contributed by atoms with Crippen molar-refractivity contribution in [1.82, 2.24) is 10.1 Å². The van der Waals surface area contributed by atoms with Gasteiger partial charge in [0.25, 0.3) is 5.89 Å². The number of hydrogen-bond acceptors (Lipinski definition) is 6. The fourth-order valence-corrected chi connectivity index (χ4v) is 3.88. The fourth-order valence-electron chi connectivity index (χ4n) is 3.88. The highest BCUT2D eigenvalue weighted by Crippen LogP contribution is 2.39. The highest BCUT2D eigenvalue weighted by atomic mass is 16.5. The number of ether oxygens (including phenoxy) is 1. The van der Waals surface area contributed by atoms with E-state index in [9.17, 15) is 4.79 Å². The number of carbonyl (C=O) groups is 1. The van der Waals surface area contributed by atoms with E-state index in [1.54, 1.807) is 6.07 Å². The number of Topliss-reactive ketones (excluding diaryl/α,β-unsaturated/α-hetero) is 1. The average molecular weight is 415 g/mol. The van der Waals surface area contributed by atoms with Gasteiger partial charge in [-0.15, -0.1) is 0 Å². The summed E-state index contributed by atoms with van der Waals surface area (Å²) < 4.78 is 11.7. The molecule has 0 spiro atoms. The largest absolute Gasteiger partial charge is 0.486 e. The molecule has 0 saturated carbocycles. The van der Waals surface area contributed by atoms with Crippen LogP contribution in [0.2, 0.25) is 0 Å². The third kappa shape index (κ3) is 3.81. The van der Waals surface area contributed by atoms with E-state index in [0.29, 0.717) is 35.0 Å². The molecule has 0 radical (unpaired) electrons. The predicted molar refractivity (Wildman–Crippen MR) is 122 cm³/mol. The van der Waals surface area contributed by atoms with Crippen molar-refractivity contribution in [3.05, 3.63) is 53.6 Å². The van der Waals surface area contributed by atoms with E-state index >= 15 is 0 Å². The smallest absolute Gasteiger partial charge is 0.258 e. The van der Waals surface area contributed by atoms with Crippen molar-refractivity contribution in [3.63, 3.8) is 0 Å². The second kappa shape index (κ2) is 8.30. The minimum absolute atomic E-state index is 0.0787. The van der Waals surface area contributed by atoms with Crippen LogP contribution in [0.1, 0.15) is 56.0 Å². The average Bonchev–Trinajstić information content (AvgIpc) is 3.29. The highest BCUT2D eigenvalue weighted by molar-refractivity contribution is 6.01. The topological polar surface area (TPSA) is 77.6 Å². The van der Waals surface area contributed by atoms with Crippen molar-refractivity contribution >= 4 is 24.3 Å². The van der Waals surface area contributed by atoms with Crippen LogP contribution in [0.5, 0.6) is 5.75 Å². The number of carbonyl (C=O) groups excluding carboxylic acids is 1. The first kappa shape index (κ1) is 20.7. The van der Waals surface area contributed by atoms with Gasteiger partial charge in [0.2, 0.25) is 5.82 Å². The summed E-state index contributed by atoms with van der Waals surface area (Å²) >= 11 is 0. The van der Waals surface area contributed by atoms with Crippen molar-refractivity contribution in [2.75, 3.05) is 0 Å². The zero-order valence-corrected chi connectivity index (χ0v) is 18.0. The molecule has 0 aliphatic carbocycles. The molecule has 0 amide bonds. The first-order valence-corrected chi connectivity index (χ1v) is 10.5. The van der Waals surface area contributed by atoms with Crippen LogP contribution in [0.25, 0.3) is 28.9 Å². The molecule has 1 aliphatic rings. The fraction of sp³-hybridized carbons (Fsp3) is 0.280. The van der Waals surface area contributed by atoms with Gasteiger partial charge >= 0.3 is 0 Å². The summed E-state index contributed by atoms with van der Waals surface area (Å²) in [5.74, 6) is 1.52. The third-order valence-corrected chi connectivity index (χ3v) is 5.85. The lowest BCUT2D eigenvalue weighted by molar-refractivity contribution is 0.0350. The first-order chi connectivity index (χ1) is 15.0. The molecule has 2 aromatic carbocycles. The molecular formula is C25H25N3O3. The second-order valence-electron chi connectivity index (χ2n) is 7.66. The molecule has 2 heterocycles. The van der Waals surface area contributed by atoms with Crippen molar-refractivity contribution < 1.29 is 14.1 Å². The van der Waals surface area contributed by atoms with Gasteiger partial charge in [0.1, 0.15) is 11.4 Å². The van der Waals surface area contributed by atoms with E-state index in [1.165, 1.54) is 0 Å². The second-order valence-corrected chi connectivity index (χ2v) is 7.66. The van der Waals surface area contributed by atoms with Crippen LogP contribution >= 0.6 is 0 Å². The molecule has 6 nitrogen and oxygen atoms in total. The lowest BCUT2D eigenvalue weighted by atomic mass is 9.85. The number of aliphatic imine (C=N–C) groups is 1. The van der Waals surface area contributed by atoms with Crippen LogP contribution < -0.4 is 4.74 Å². The predicted octanol–water partition coefficient (Wildman–Crippen LogP) is 6.29. The molecule has 1 aliphatic heterocycles. The summed E-state index contributed by atoms with van der Waals surface area (Å²) in [6.07, 6.45) is 5.85. The van der Waals surface area contributed by atoms with Crippen LogP contribution in [0.15, 0.2) is 52.0 Å². The SMILES string of the molecule is C=Nc1ccc(-c2noc(-c3ccc4c(c3)C(=O)CC(CC)(CC)O4)n2)cc1/C=C\C. The van der Waals surface area contributed by atoms with E-state index in [4.69, 9.17) is 9.26 Å². The lowest BCUT2D eigenvalue weighted by Crippen LogP contribution is -2.40. The quantitative estimate of drug-likeness (QED) is 0.442. The van der Waals surface area contributed by atoms with Gasteiger partial charge < -0.3 is 9.26 Å². The number of allylic oxidation sites excluding steroid dienone is 1. The Morgan fingerprint density at radius 3 is 2.65 bits per heavy atom. The van der Waals surface area contributed by atoms with Gasteiger partial charge in [-0.3, -0.25) is 9.79 Å². The molecule has 158 valence electrons. The van der Waals surface area contributed by atoms with Gasteiger partial charge in [0.15, 0.2) is 5.78 Å². The van der Waals surface area contributed by atoms with E-state index < -0.39 is 5.60 Å². The zero-order chi connectivity index (χ0) is 22.0. The maximum absolute atomic E-state index is 12.8. The number of ketones is 1. The van der Waals surface area contributed by atoms with Crippen LogP contribution in [0.3, 0.4) is 0 Å². The van der Waals surface area contributed by atoms with E-state index in [2.05, 4.69) is 35.7 Å². The molecule has 0 saturated heterocycles. The molecule has 3 aromatic rings. The lowest BCUT2D eigenvalue weighted by Gasteiger charge is -2.36. The van der Waals surface area contributed by atoms with E-state index in [0.717, 1.165) is 29.7 Å². The minimum Gasteiger partial charge on any atom is -0.486 e. The summed E-state index contributed by atoms with van der Waals surface area (Å²) in [6.45, 7) is 9.65. The monoisotopic (exact) mass is 415 g/mol. The summed E-state index contributed by atoms with van der Waals surface area (Å²) in [5, 5.41) is 4.13. The van der Waals surface area contributed by atoms with E-state index in [1.807, 2.05) is 49.4 Å². The summed E-state index contributed by atoms with van der Waals surface area (Å²) in [5.41, 5.74) is 3.35. The molecule has 4 rings (SSSR count). The van der Waals surface area contributed by atoms with Gasteiger partial charge in [0, 0.05) is 16.7 Å². The van der Waals surface area contributed by atoms with Gasteiger partial charge in [-0.25, -0.2) is 0 Å². The number of aromatic nitrogens is 2. The van der Waals surface area contributed by atoms with Crippen molar-refractivity contribution in [2.24, 2.45) is 4.99 Å². The molecular weight excluding hydrogens is 390 g/mol. The summed E-state index contributed by atoms with van der Waals surface area (Å²) in [4.78, 5) is 21.4.